The molecule has 20 heavy (non-hydrogen) atoms. The van der Waals surface area contributed by atoms with Gasteiger partial charge >= 0.3 is 0 Å². The molecule has 0 radical (unpaired) electrons. The zero-order valence-electron chi connectivity index (χ0n) is 11.8. The Balaban J connectivity index is 2.27. The summed E-state index contributed by atoms with van der Waals surface area (Å²) in [6, 6.07) is 6.62. The number of nitrogens with one attached hydrogen (secondary N) is 1. The minimum absolute atomic E-state index is 0.288. The van der Waals surface area contributed by atoms with Crippen LogP contribution >= 0.6 is 39.0 Å². The largest absolute Gasteiger partial charge is 0.353 e. The van der Waals surface area contributed by atoms with Gasteiger partial charge in [-0.25, -0.2) is 0 Å². The van der Waals surface area contributed by atoms with Crippen LogP contribution in [0.3, 0.4) is 0 Å². The van der Waals surface area contributed by atoms with Crippen LogP contribution in [0.5, 0.6) is 0 Å². The highest BCUT2D eigenvalue weighted by Gasteiger charge is 2.14. The van der Waals surface area contributed by atoms with Crippen LogP contribution in [0.15, 0.2) is 31.9 Å². The Morgan fingerprint density at radius 3 is 2.70 bits per heavy atom. The van der Waals surface area contributed by atoms with Crippen LogP contribution in [-0.2, 0) is 0 Å². The summed E-state index contributed by atoms with van der Waals surface area (Å²) in [5.41, 5.74) is 1.26. The van der Waals surface area contributed by atoms with Crippen molar-refractivity contribution in [1.29, 1.82) is 0 Å². The van der Waals surface area contributed by atoms with Gasteiger partial charge in [-0.05, 0) is 37.7 Å². The molecule has 0 bridgehead atoms. The van der Waals surface area contributed by atoms with Crippen molar-refractivity contribution in [2.24, 2.45) is 0 Å². The van der Waals surface area contributed by atoms with Crippen LogP contribution in [0.4, 0.5) is 5.13 Å². The Bertz CT molecular complexity index is 586. The standard InChI is InChI=1S/C13H17BrN4S2/c1-8(15-2)10-7-9(14)5-6-11(10)19-13-17-16-12(20-13)18(3)4/h5-8,15H,1-4H3. The van der Waals surface area contributed by atoms with E-state index < -0.39 is 0 Å². The Hall–Kier alpha value is -0.630. The second-order valence-corrected chi connectivity index (χ2v) is 7.70. The summed E-state index contributed by atoms with van der Waals surface area (Å²) in [5.74, 6) is 0. The molecule has 0 saturated heterocycles. The molecule has 7 heteroatoms. The third-order valence-electron chi connectivity index (χ3n) is 2.85. The van der Waals surface area contributed by atoms with Crippen molar-refractivity contribution in [1.82, 2.24) is 15.5 Å². The van der Waals surface area contributed by atoms with Gasteiger partial charge in [0.2, 0.25) is 5.13 Å². The topological polar surface area (TPSA) is 41.1 Å². The number of hydrogen-bond acceptors (Lipinski definition) is 6. The van der Waals surface area contributed by atoms with Crippen molar-refractivity contribution < 1.29 is 0 Å². The van der Waals surface area contributed by atoms with Crippen molar-refractivity contribution in [3.63, 3.8) is 0 Å². The van der Waals surface area contributed by atoms with Crippen LogP contribution in [0.25, 0.3) is 0 Å². The van der Waals surface area contributed by atoms with E-state index in [2.05, 4.69) is 56.6 Å². The monoisotopic (exact) mass is 372 g/mol. The van der Waals surface area contributed by atoms with Crippen LogP contribution < -0.4 is 10.2 Å². The average Bonchev–Trinajstić information content (AvgIpc) is 2.88. The van der Waals surface area contributed by atoms with Crippen LogP contribution in [-0.4, -0.2) is 31.3 Å². The normalized spacial score (nSPS) is 12.4. The maximum atomic E-state index is 4.24. The highest BCUT2D eigenvalue weighted by molar-refractivity contribution is 9.10. The molecule has 2 aromatic rings. The first kappa shape index (κ1) is 15.8. The highest BCUT2D eigenvalue weighted by atomic mass is 79.9. The first-order valence-corrected chi connectivity index (χ1v) is 8.59. The van der Waals surface area contributed by atoms with Gasteiger partial charge < -0.3 is 10.2 Å². The van der Waals surface area contributed by atoms with E-state index in [1.165, 1.54) is 10.5 Å². The van der Waals surface area contributed by atoms with Gasteiger partial charge in [-0.3, -0.25) is 0 Å². The Morgan fingerprint density at radius 2 is 2.10 bits per heavy atom. The molecule has 108 valence electrons. The number of nitrogens with zero attached hydrogens (tertiary/aromatic N) is 3. The fourth-order valence-corrected chi connectivity index (χ4v) is 3.92. The van der Waals surface area contributed by atoms with Crippen molar-refractivity contribution in [3.05, 3.63) is 28.2 Å². The lowest BCUT2D eigenvalue weighted by Crippen LogP contribution is -2.13. The molecule has 1 atom stereocenters. The SMILES string of the molecule is CNC(C)c1cc(Br)ccc1Sc1nnc(N(C)C)s1. The molecule has 0 spiro atoms. The van der Waals surface area contributed by atoms with Gasteiger partial charge in [-0.2, -0.15) is 0 Å². The maximum Gasteiger partial charge on any atom is 0.208 e. The lowest BCUT2D eigenvalue weighted by Gasteiger charge is -2.15. The maximum absolute atomic E-state index is 4.24. The highest BCUT2D eigenvalue weighted by Crippen LogP contribution is 2.37. The fraction of sp³-hybridized carbons (Fsp3) is 0.385. The van der Waals surface area contributed by atoms with Crippen LogP contribution in [0.2, 0.25) is 0 Å². The van der Waals surface area contributed by atoms with Crippen molar-refractivity contribution in [2.45, 2.75) is 22.2 Å². The molecule has 1 unspecified atom stereocenters. The molecule has 1 aromatic carbocycles. The number of rotatable bonds is 5. The first-order valence-electron chi connectivity index (χ1n) is 6.16. The van der Waals surface area contributed by atoms with Crippen molar-refractivity contribution >= 4 is 44.2 Å². The summed E-state index contributed by atoms with van der Waals surface area (Å²) in [6.07, 6.45) is 0. The van der Waals surface area contributed by atoms with Gasteiger partial charge in [-0.1, -0.05) is 39.0 Å². The third-order valence-corrected chi connectivity index (χ3v) is 5.57. The van der Waals surface area contributed by atoms with E-state index in [1.807, 2.05) is 26.0 Å². The first-order chi connectivity index (χ1) is 9.51. The zero-order chi connectivity index (χ0) is 14.7. The minimum Gasteiger partial charge on any atom is -0.353 e. The molecule has 1 N–H and O–H groups in total. The summed E-state index contributed by atoms with van der Waals surface area (Å²) >= 11 is 6.80. The van der Waals surface area contributed by atoms with Gasteiger partial charge in [0.15, 0.2) is 4.34 Å². The average molecular weight is 373 g/mol. The van der Waals surface area contributed by atoms with Gasteiger partial charge in [0, 0.05) is 29.5 Å². The summed E-state index contributed by atoms with van der Waals surface area (Å²) in [6.45, 7) is 2.15. The van der Waals surface area contributed by atoms with Gasteiger partial charge in [0.1, 0.15) is 0 Å². The molecule has 0 aliphatic rings. The molecule has 0 aliphatic carbocycles. The lowest BCUT2D eigenvalue weighted by molar-refractivity contribution is 0.641. The van der Waals surface area contributed by atoms with Crippen LogP contribution in [0.1, 0.15) is 18.5 Å². The molecule has 0 saturated carbocycles. The van der Waals surface area contributed by atoms with E-state index in [1.54, 1.807) is 23.1 Å². The molecule has 1 heterocycles. The van der Waals surface area contributed by atoms with Gasteiger partial charge in [-0.15, -0.1) is 10.2 Å². The molecule has 0 fully saturated rings. The van der Waals surface area contributed by atoms with E-state index in [0.717, 1.165) is 13.9 Å². The Labute approximate surface area is 136 Å². The lowest BCUT2D eigenvalue weighted by atomic mass is 10.1. The zero-order valence-corrected chi connectivity index (χ0v) is 15.1. The summed E-state index contributed by atoms with van der Waals surface area (Å²) in [4.78, 5) is 3.18. The number of anilines is 1. The summed E-state index contributed by atoms with van der Waals surface area (Å²) < 4.78 is 2.05. The van der Waals surface area contributed by atoms with Gasteiger partial charge in [0.25, 0.3) is 0 Å². The predicted molar refractivity (Wildman–Crippen MR) is 90.0 cm³/mol. The molecule has 0 amide bonds. The van der Waals surface area contributed by atoms with E-state index in [4.69, 9.17) is 0 Å². The van der Waals surface area contributed by atoms with Gasteiger partial charge in [0.05, 0.1) is 0 Å². The van der Waals surface area contributed by atoms with Crippen molar-refractivity contribution in [2.75, 3.05) is 26.0 Å². The molecular weight excluding hydrogens is 356 g/mol. The summed E-state index contributed by atoms with van der Waals surface area (Å²) in [7, 11) is 5.92. The molecular formula is C13H17BrN4S2. The second-order valence-electron chi connectivity index (χ2n) is 4.54. The Morgan fingerprint density at radius 1 is 1.35 bits per heavy atom. The van der Waals surface area contributed by atoms with E-state index in [0.29, 0.717) is 0 Å². The minimum atomic E-state index is 0.288. The number of benzene rings is 1. The van der Waals surface area contributed by atoms with E-state index in [-0.39, 0.29) is 6.04 Å². The second kappa shape index (κ2) is 6.89. The molecule has 1 aromatic heterocycles. The fourth-order valence-electron chi connectivity index (χ4n) is 1.62. The van der Waals surface area contributed by atoms with E-state index in [9.17, 15) is 0 Å². The summed E-state index contributed by atoms with van der Waals surface area (Å²) in [5, 5.41) is 12.6. The Kier molecular flexibility index (Phi) is 5.42. The number of hydrogen-bond donors (Lipinski definition) is 1. The van der Waals surface area contributed by atoms with E-state index >= 15 is 0 Å². The molecule has 4 nitrogen and oxygen atoms in total. The molecule has 2 rings (SSSR count). The number of halogens is 1. The molecule has 0 aliphatic heterocycles. The third kappa shape index (κ3) is 3.72. The van der Waals surface area contributed by atoms with Crippen LogP contribution in [0, 0.1) is 0 Å². The smallest absolute Gasteiger partial charge is 0.208 e. The predicted octanol–water partition coefficient (Wildman–Crippen LogP) is 3.80. The quantitative estimate of drug-likeness (QED) is 0.864. The number of aromatic nitrogens is 2. The van der Waals surface area contributed by atoms with Crippen molar-refractivity contribution in [3.8, 4) is 0 Å².